The zero-order valence-electron chi connectivity index (χ0n) is 19.6. The van der Waals surface area contributed by atoms with E-state index < -0.39 is 0 Å². The lowest BCUT2D eigenvalue weighted by molar-refractivity contribution is -0.115. The van der Waals surface area contributed by atoms with Crippen LogP contribution in [-0.2, 0) is 16.6 Å². The van der Waals surface area contributed by atoms with E-state index in [1.165, 1.54) is 22.6 Å². The third-order valence-electron chi connectivity index (χ3n) is 6.40. The zero-order chi connectivity index (χ0) is 23.9. The number of thioether (sulfide) groups is 1. The Morgan fingerprint density at radius 2 is 1.79 bits per heavy atom. The van der Waals surface area contributed by atoms with Gasteiger partial charge in [0.15, 0.2) is 5.58 Å². The van der Waals surface area contributed by atoms with Crippen molar-refractivity contribution in [1.82, 2.24) is 4.98 Å². The van der Waals surface area contributed by atoms with Crippen molar-refractivity contribution in [3.8, 4) is 0 Å². The summed E-state index contributed by atoms with van der Waals surface area (Å²) in [6.45, 7) is 6.25. The van der Waals surface area contributed by atoms with Crippen LogP contribution in [0.1, 0.15) is 47.9 Å². The average molecular weight is 475 g/mol. The van der Waals surface area contributed by atoms with E-state index in [4.69, 9.17) is 4.42 Å². The molecule has 1 heterocycles. The summed E-state index contributed by atoms with van der Waals surface area (Å²) in [6, 6.07) is 16.6. The van der Waals surface area contributed by atoms with Crippen LogP contribution in [0.15, 0.2) is 63.9 Å². The number of oxazole rings is 1. The highest BCUT2D eigenvalue weighted by molar-refractivity contribution is 7.99. The third-order valence-corrected chi connectivity index (χ3v) is 7.30. The predicted octanol–water partition coefficient (Wildman–Crippen LogP) is 6.96. The molecule has 4 nitrogen and oxygen atoms in total. The minimum atomic E-state index is -0.330. The molecule has 1 aromatic heterocycles. The van der Waals surface area contributed by atoms with Gasteiger partial charge in [0.05, 0.1) is 11.8 Å². The Bertz CT molecular complexity index is 1350. The van der Waals surface area contributed by atoms with Crippen LogP contribution >= 0.6 is 11.8 Å². The molecular weight excluding hydrogens is 447 g/mol. The number of nitrogens with one attached hydrogen (secondary N) is 1. The van der Waals surface area contributed by atoms with Gasteiger partial charge in [-0.1, -0.05) is 19.1 Å². The maximum atomic E-state index is 13.6. The summed E-state index contributed by atoms with van der Waals surface area (Å²) in [6.07, 6.45) is 2.20. The molecule has 0 aliphatic heterocycles. The van der Waals surface area contributed by atoms with Gasteiger partial charge in [0.1, 0.15) is 11.3 Å². The highest BCUT2D eigenvalue weighted by Gasteiger charge is 2.52. The molecule has 3 aromatic carbocycles. The van der Waals surface area contributed by atoms with E-state index >= 15 is 0 Å². The fraction of sp³-hybridized carbons (Fsp3) is 0.286. The second-order valence-electron chi connectivity index (χ2n) is 9.00. The number of hydrogen-bond donors (Lipinski definition) is 1. The lowest BCUT2D eigenvalue weighted by atomic mass is 9.87. The zero-order valence-corrected chi connectivity index (χ0v) is 20.4. The number of benzene rings is 3. The number of carbonyl (C=O) groups excluding carboxylic acids is 1. The monoisotopic (exact) mass is 474 g/mol. The summed E-state index contributed by atoms with van der Waals surface area (Å²) < 4.78 is 19.6. The van der Waals surface area contributed by atoms with E-state index in [1.807, 2.05) is 24.3 Å². The molecule has 0 spiro atoms. The molecule has 1 amide bonds. The van der Waals surface area contributed by atoms with Gasteiger partial charge >= 0.3 is 0 Å². The molecule has 34 heavy (non-hydrogen) atoms. The van der Waals surface area contributed by atoms with Crippen LogP contribution in [0.5, 0.6) is 0 Å². The molecule has 0 atom stereocenters. The Hall–Kier alpha value is -3.12. The first-order valence-corrected chi connectivity index (χ1v) is 12.6. The van der Waals surface area contributed by atoms with Crippen molar-refractivity contribution >= 4 is 34.5 Å². The molecule has 0 radical (unpaired) electrons. The molecule has 4 aromatic rings. The molecule has 1 N–H and O–H groups in total. The van der Waals surface area contributed by atoms with Gasteiger partial charge in [0, 0.05) is 16.6 Å². The van der Waals surface area contributed by atoms with Gasteiger partial charge in [0.25, 0.3) is 0 Å². The number of anilines is 1. The lowest BCUT2D eigenvalue weighted by Gasteiger charge is -2.19. The minimum absolute atomic E-state index is 0.0374. The molecule has 1 saturated carbocycles. The highest BCUT2D eigenvalue weighted by atomic mass is 32.2. The fourth-order valence-corrected chi connectivity index (χ4v) is 5.51. The quantitative estimate of drug-likeness (QED) is 0.294. The predicted molar refractivity (Wildman–Crippen MR) is 135 cm³/mol. The molecule has 174 valence electrons. The Morgan fingerprint density at radius 3 is 2.44 bits per heavy atom. The van der Waals surface area contributed by atoms with Crippen LogP contribution in [0.4, 0.5) is 10.1 Å². The molecule has 1 aliphatic carbocycles. The Kier molecular flexibility index (Phi) is 5.94. The van der Waals surface area contributed by atoms with Crippen molar-refractivity contribution in [2.24, 2.45) is 0 Å². The van der Waals surface area contributed by atoms with Crippen molar-refractivity contribution in [3.05, 3.63) is 88.6 Å². The molecule has 1 aliphatic rings. The summed E-state index contributed by atoms with van der Waals surface area (Å²) in [5.74, 6) is 1.30. The number of rotatable bonds is 7. The van der Waals surface area contributed by atoms with Crippen LogP contribution in [0.3, 0.4) is 0 Å². The normalized spacial score (nSPS) is 14.4. The number of aryl methyl sites for hydroxylation is 2. The number of halogens is 1. The number of aromatic nitrogens is 1. The number of hydrogen-bond acceptors (Lipinski definition) is 4. The number of carbonyl (C=O) groups is 1. The second kappa shape index (κ2) is 8.91. The van der Waals surface area contributed by atoms with Crippen molar-refractivity contribution in [1.29, 1.82) is 0 Å². The second-order valence-corrected chi connectivity index (χ2v) is 10.3. The van der Waals surface area contributed by atoms with Gasteiger partial charge in [-0.3, -0.25) is 4.79 Å². The van der Waals surface area contributed by atoms with E-state index in [1.54, 1.807) is 17.8 Å². The molecule has 1 fully saturated rings. The first kappa shape index (κ1) is 22.7. The topological polar surface area (TPSA) is 55.1 Å². The molecule has 5 rings (SSSR count). The van der Waals surface area contributed by atoms with Crippen LogP contribution in [0, 0.1) is 19.7 Å². The maximum absolute atomic E-state index is 13.6. The molecule has 0 bridgehead atoms. The molecule has 0 saturated heterocycles. The third kappa shape index (κ3) is 4.34. The Morgan fingerprint density at radius 1 is 1.09 bits per heavy atom. The number of fused-ring (bicyclic) bond motifs is 1. The van der Waals surface area contributed by atoms with Crippen LogP contribution < -0.4 is 5.32 Å². The van der Waals surface area contributed by atoms with E-state index in [0.29, 0.717) is 23.4 Å². The van der Waals surface area contributed by atoms with E-state index in [0.717, 1.165) is 41.0 Å². The lowest BCUT2D eigenvalue weighted by Crippen LogP contribution is -2.17. The summed E-state index contributed by atoms with van der Waals surface area (Å²) in [4.78, 5) is 18.6. The van der Waals surface area contributed by atoms with Gasteiger partial charge in [-0.2, -0.15) is 0 Å². The average Bonchev–Trinajstić information content (AvgIpc) is 3.46. The van der Waals surface area contributed by atoms with Crippen LogP contribution in [0.25, 0.3) is 11.1 Å². The molecule has 0 unspecified atom stereocenters. The highest BCUT2D eigenvalue weighted by Crippen LogP contribution is 2.55. The smallest absolute Gasteiger partial charge is 0.228 e. The standard InChI is InChI=1S/C28H27FN2O2S/c1-4-34-22-8-5-19(6-9-22)15-25(32)30-21-13-17(2)26(18(3)14-21)28(11-12-28)27-31-23-10-7-20(29)16-24(23)33-27/h5-10,13-14,16H,4,11-12,15H2,1-3H3,(H,30,32). The first-order chi connectivity index (χ1) is 16.4. The SMILES string of the molecule is CCSc1ccc(CC(=O)Nc2cc(C)c(C3(c4nc5ccc(F)cc5o4)CC3)c(C)c2)cc1. The largest absolute Gasteiger partial charge is 0.440 e. The maximum Gasteiger partial charge on any atom is 0.228 e. The van der Waals surface area contributed by atoms with Crippen LogP contribution in [0.2, 0.25) is 0 Å². The van der Waals surface area contributed by atoms with Crippen molar-refractivity contribution < 1.29 is 13.6 Å². The summed E-state index contributed by atoms with van der Waals surface area (Å²) in [7, 11) is 0. The molecular formula is C28H27FN2O2S. The Labute approximate surface area is 203 Å². The molecule has 6 heteroatoms. The van der Waals surface area contributed by atoms with Crippen molar-refractivity contribution in [2.75, 3.05) is 11.1 Å². The van der Waals surface area contributed by atoms with E-state index in [-0.39, 0.29) is 17.1 Å². The Balaban J connectivity index is 1.35. The minimum Gasteiger partial charge on any atom is -0.440 e. The van der Waals surface area contributed by atoms with E-state index in [9.17, 15) is 9.18 Å². The fourth-order valence-electron chi connectivity index (χ4n) is 4.85. The summed E-state index contributed by atoms with van der Waals surface area (Å²) in [5.41, 5.74) is 5.99. The van der Waals surface area contributed by atoms with Gasteiger partial charge in [-0.05, 0) is 91.1 Å². The van der Waals surface area contributed by atoms with Crippen molar-refractivity contribution in [2.45, 2.75) is 50.3 Å². The van der Waals surface area contributed by atoms with E-state index in [2.05, 4.69) is 43.2 Å². The van der Waals surface area contributed by atoms with Gasteiger partial charge < -0.3 is 9.73 Å². The number of nitrogens with zero attached hydrogens (tertiary/aromatic N) is 1. The summed E-state index contributed by atoms with van der Waals surface area (Å²) in [5, 5.41) is 3.05. The first-order valence-electron chi connectivity index (χ1n) is 11.6. The van der Waals surface area contributed by atoms with Crippen molar-refractivity contribution in [3.63, 3.8) is 0 Å². The van der Waals surface area contributed by atoms with Gasteiger partial charge in [0.2, 0.25) is 11.8 Å². The summed E-state index contributed by atoms with van der Waals surface area (Å²) >= 11 is 1.79. The van der Waals surface area contributed by atoms with Gasteiger partial charge in [-0.15, -0.1) is 11.8 Å². The number of amides is 1. The van der Waals surface area contributed by atoms with Crippen LogP contribution in [-0.4, -0.2) is 16.6 Å². The van der Waals surface area contributed by atoms with Gasteiger partial charge in [-0.25, -0.2) is 9.37 Å².